The van der Waals surface area contributed by atoms with Crippen LogP contribution in [0.5, 0.6) is 0 Å². The largest absolute Gasteiger partial charge is 0.377 e. The van der Waals surface area contributed by atoms with Crippen molar-refractivity contribution in [1.82, 2.24) is 19.8 Å². The van der Waals surface area contributed by atoms with Gasteiger partial charge in [-0.2, -0.15) is 0 Å². The van der Waals surface area contributed by atoms with Crippen LogP contribution in [0.15, 0.2) is 12.4 Å². The molecule has 1 amide bonds. The Morgan fingerprint density at radius 2 is 2.04 bits per heavy atom. The highest BCUT2D eigenvalue weighted by Crippen LogP contribution is 2.42. The van der Waals surface area contributed by atoms with Gasteiger partial charge in [0.2, 0.25) is 5.91 Å². The van der Waals surface area contributed by atoms with Crippen molar-refractivity contribution < 1.29 is 9.53 Å². The van der Waals surface area contributed by atoms with Crippen LogP contribution in [0.1, 0.15) is 43.5 Å². The molecule has 0 bridgehead atoms. The summed E-state index contributed by atoms with van der Waals surface area (Å²) in [6, 6.07) is 0. The summed E-state index contributed by atoms with van der Waals surface area (Å²) in [6.07, 6.45) is 9.58. The van der Waals surface area contributed by atoms with Crippen LogP contribution < -0.4 is 0 Å². The molecule has 2 saturated heterocycles. The maximum atomic E-state index is 13.1. The summed E-state index contributed by atoms with van der Waals surface area (Å²) in [5.41, 5.74) is 0.972. The quantitative estimate of drug-likeness (QED) is 0.788. The minimum absolute atomic E-state index is 0.135. The molecular weight excluding hydrogens is 316 g/mol. The lowest BCUT2D eigenvalue weighted by Gasteiger charge is -2.39. The van der Waals surface area contributed by atoms with Crippen LogP contribution >= 0.6 is 0 Å². The van der Waals surface area contributed by atoms with E-state index in [4.69, 9.17) is 4.74 Å². The van der Waals surface area contributed by atoms with E-state index in [2.05, 4.69) is 19.8 Å². The fourth-order valence-electron chi connectivity index (χ4n) is 4.34. The first kappa shape index (κ1) is 16.9. The Labute approximate surface area is 149 Å². The van der Waals surface area contributed by atoms with Crippen LogP contribution in [0, 0.1) is 11.3 Å². The Balaban J connectivity index is 1.37. The summed E-state index contributed by atoms with van der Waals surface area (Å²) in [5.74, 6) is 1.90. The van der Waals surface area contributed by atoms with Crippen LogP contribution in [-0.4, -0.2) is 59.0 Å². The summed E-state index contributed by atoms with van der Waals surface area (Å²) in [6.45, 7) is 5.10. The second kappa shape index (κ2) is 7.00. The molecule has 25 heavy (non-hydrogen) atoms. The van der Waals surface area contributed by atoms with E-state index in [0.29, 0.717) is 18.3 Å². The lowest BCUT2D eigenvalue weighted by atomic mass is 9.78. The van der Waals surface area contributed by atoms with E-state index in [1.165, 1.54) is 12.8 Å². The number of carbonyl (C=O) groups is 1. The number of methoxy groups -OCH3 is 1. The van der Waals surface area contributed by atoms with Gasteiger partial charge in [0.15, 0.2) is 5.82 Å². The number of likely N-dealkylation sites (tertiary alicyclic amines) is 2. The lowest BCUT2D eigenvalue weighted by Crippen LogP contribution is -2.50. The first-order valence-corrected chi connectivity index (χ1v) is 9.49. The molecule has 2 aliphatic heterocycles. The van der Waals surface area contributed by atoms with Gasteiger partial charge in [-0.25, -0.2) is 9.97 Å². The van der Waals surface area contributed by atoms with Gasteiger partial charge in [-0.05, 0) is 44.6 Å². The standard InChI is InChI=1S/C19H28N4O2/c1-25-13-17-20-9-16(10-21-17)11-22-8-6-19(14-22)5-2-7-23(18(19)24)12-15-3-4-15/h9-10,15H,2-8,11-14H2,1H3. The molecule has 1 spiro atoms. The van der Waals surface area contributed by atoms with Gasteiger partial charge in [0, 0.05) is 51.2 Å². The Bertz CT molecular complexity index is 616. The fraction of sp³-hybridized carbons (Fsp3) is 0.737. The molecule has 1 aromatic heterocycles. The number of aromatic nitrogens is 2. The molecule has 1 saturated carbocycles. The summed E-state index contributed by atoms with van der Waals surface area (Å²) in [7, 11) is 1.65. The second-order valence-electron chi connectivity index (χ2n) is 7.98. The van der Waals surface area contributed by atoms with Gasteiger partial charge < -0.3 is 9.64 Å². The van der Waals surface area contributed by atoms with Gasteiger partial charge in [-0.1, -0.05) is 0 Å². The van der Waals surface area contributed by atoms with Crippen LogP contribution in [0.3, 0.4) is 0 Å². The molecule has 1 aliphatic carbocycles. The van der Waals surface area contributed by atoms with E-state index in [1.807, 2.05) is 12.4 Å². The minimum Gasteiger partial charge on any atom is -0.377 e. The number of amides is 1. The maximum absolute atomic E-state index is 13.1. The van der Waals surface area contributed by atoms with Crippen molar-refractivity contribution in [2.75, 3.05) is 33.3 Å². The zero-order valence-electron chi connectivity index (χ0n) is 15.1. The normalized spacial score (nSPS) is 27.4. The predicted octanol–water partition coefficient (Wildman–Crippen LogP) is 1.85. The SMILES string of the molecule is COCc1ncc(CN2CCC3(CCCN(CC4CC4)C3=O)C2)cn1. The molecule has 6 heteroatoms. The Morgan fingerprint density at radius 1 is 1.24 bits per heavy atom. The molecule has 6 nitrogen and oxygen atoms in total. The Morgan fingerprint density at radius 3 is 2.76 bits per heavy atom. The van der Waals surface area contributed by atoms with Gasteiger partial charge in [-0.15, -0.1) is 0 Å². The monoisotopic (exact) mass is 344 g/mol. The van der Waals surface area contributed by atoms with E-state index in [0.717, 1.165) is 63.5 Å². The molecule has 0 aromatic carbocycles. The summed E-state index contributed by atoms with van der Waals surface area (Å²) >= 11 is 0. The zero-order valence-corrected chi connectivity index (χ0v) is 15.1. The van der Waals surface area contributed by atoms with Crippen LogP contribution in [-0.2, 0) is 22.7 Å². The average Bonchev–Trinajstić information content (AvgIpc) is 3.34. The number of rotatable bonds is 6. The Hall–Kier alpha value is -1.53. The molecule has 3 fully saturated rings. The van der Waals surface area contributed by atoms with Gasteiger partial charge in [0.05, 0.1) is 5.41 Å². The van der Waals surface area contributed by atoms with Crippen molar-refractivity contribution in [3.63, 3.8) is 0 Å². The van der Waals surface area contributed by atoms with Gasteiger partial charge in [-0.3, -0.25) is 9.69 Å². The van der Waals surface area contributed by atoms with Crippen molar-refractivity contribution in [3.8, 4) is 0 Å². The second-order valence-corrected chi connectivity index (χ2v) is 7.98. The predicted molar refractivity (Wildman–Crippen MR) is 93.6 cm³/mol. The molecule has 3 aliphatic rings. The Kier molecular flexibility index (Phi) is 4.73. The van der Waals surface area contributed by atoms with Gasteiger partial charge in [0.1, 0.15) is 6.61 Å². The summed E-state index contributed by atoms with van der Waals surface area (Å²) < 4.78 is 5.05. The third-order valence-electron chi connectivity index (χ3n) is 5.87. The van der Waals surface area contributed by atoms with E-state index in [-0.39, 0.29) is 5.41 Å². The third-order valence-corrected chi connectivity index (χ3v) is 5.87. The molecule has 3 heterocycles. The van der Waals surface area contributed by atoms with Crippen molar-refractivity contribution in [2.24, 2.45) is 11.3 Å². The van der Waals surface area contributed by atoms with Crippen molar-refractivity contribution in [2.45, 2.75) is 45.3 Å². The summed E-state index contributed by atoms with van der Waals surface area (Å²) in [4.78, 5) is 26.3. The highest BCUT2D eigenvalue weighted by Gasteiger charge is 2.48. The number of hydrogen-bond acceptors (Lipinski definition) is 5. The molecule has 1 atom stereocenters. The van der Waals surface area contributed by atoms with E-state index in [9.17, 15) is 4.79 Å². The number of hydrogen-bond donors (Lipinski definition) is 0. The molecule has 0 radical (unpaired) electrons. The zero-order chi connectivity index (χ0) is 17.3. The van der Waals surface area contributed by atoms with E-state index in [1.54, 1.807) is 7.11 Å². The number of ether oxygens (including phenoxy) is 1. The maximum Gasteiger partial charge on any atom is 0.230 e. The van der Waals surface area contributed by atoms with Crippen molar-refractivity contribution in [1.29, 1.82) is 0 Å². The van der Waals surface area contributed by atoms with Crippen LogP contribution in [0.2, 0.25) is 0 Å². The molecule has 136 valence electrons. The molecule has 4 rings (SSSR count). The van der Waals surface area contributed by atoms with E-state index >= 15 is 0 Å². The fourth-order valence-corrected chi connectivity index (χ4v) is 4.34. The van der Waals surface area contributed by atoms with Gasteiger partial charge in [0.25, 0.3) is 0 Å². The number of carbonyl (C=O) groups excluding carboxylic acids is 1. The highest BCUT2D eigenvalue weighted by molar-refractivity contribution is 5.84. The third kappa shape index (κ3) is 3.70. The van der Waals surface area contributed by atoms with Crippen LogP contribution in [0.4, 0.5) is 0 Å². The molecule has 0 N–H and O–H groups in total. The number of piperidine rings is 1. The topological polar surface area (TPSA) is 58.6 Å². The molecular formula is C19H28N4O2. The number of nitrogens with zero attached hydrogens (tertiary/aromatic N) is 4. The highest BCUT2D eigenvalue weighted by atomic mass is 16.5. The minimum atomic E-state index is -0.135. The van der Waals surface area contributed by atoms with Gasteiger partial charge >= 0.3 is 0 Å². The lowest BCUT2D eigenvalue weighted by molar-refractivity contribution is -0.145. The van der Waals surface area contributed by atoms with Crippen molar-refractivity contribution in [3.05, 3.63) is 23.8 Å². The first-order valence-electron chi connectivity index (χ1n) is 9.49. The first-order chi connectivity index (χ1) is 12.2. The smallest absolute Gasteiger partial charge is 0.230 e. The summed E-state index contributed by atoms with van der Waals surface area (Å²) in [5, 5.41) is 0. The molecule has 1 unspecified atom stereocenters. The van der Waals surface area contributed by atoms with Crippen LogP contribution in [0.25, 0.3) is 0 Å². The molecule has 1 aromatic rings. The van der Waals surface area contributed by atoms with E-state index < -0.39 is 0 Å². The van der Waals surface area contributed by atoms with Crippen molar-refractivity contribution >= 4 is 5.91 Å². The average molecular weight is 344 g/mol.